The van der Waals surface area contributed by atoms with Crippen molar-refractivity contribution in [2.45, 2.75) is 13.0 Å². The maximum absolute atomic E-state index is 11.7. The molecule has 0 saturated carbocycles. The number of aromatic nitrogens is 1. The number of rotatable bonds is 7. The van der Waals surface area contributed by atoms with Crippen LogP contribution in [-0.2, 0) is 6.54 Å². The predicted molar refractivity (Wildman–Crippen MR) is 76.6 cm³/mol. The molecule has 2 rings (SSSR count). The second-order valence-electron chi connectivity index (χ2n) is 4.26. The van der Waals surface area contributed by atoms with Gasteiger partial charge in [-0.25, -0.2) is 0 Å². The van der Waals surface area contributed by atoms with E-state index in [0.29, 0.717) is 12.1 Å². The number of hydrogen-bond donors (Lipinski definition) is 2. The lowest BCUT2D eigenvalue weighted by molar-refractivity contribution is 0.0953. The Morgan fingerprint density at radius 1 is 1.35 bits per heavy atom. The molecule has 20 heavy (non-hydrogen) atoms. The molecule has 6 heteroatoms. The van der Waals surface area contributed by atoms with Crippen molar-refractivity contribution in [2.75, 3.05) is 13.1 Å². The third-order valence-corrected chi connectivity index (χ3v) is 3.02. The van der Waals surface area contributed by atoms with Crippen molar-refractivity contribution < 1.29 is 9.21 Å². The zero-order chi connectivity index (χ0) is 14.2. The molecule has 0 radical (unpaired) electrons. The summed E-state index contributed by atoms with van der Waals surface area (Å²) >= 11 is 5.72. The lowest BCUT2D eigenvalue weighted by Gasteiger charge is -2.06. The molecule has 0 spiro atoms. The molecule has 2 heterocycles. The van der Waals surface area contributed by atoms with E-state index in [-0.39, 0.29) is 11.1 Å². The molecular formula is C14H16ClN3O2. The molecule has 0 aliphatic rings. The minimum absolute atomic E-state index is 0.122. The number of pyridine rings is 1. The van der Waals surface area contributed by atoms with Crippen LogP contribution in [0.25, 0.3) is 0 Å². The Balaban J connectivity index is 1.58. The summed E-state index contributed by atoms with van der Waals surface area (Å²) in [5.41, 5.74) is 1.51. The first kappa shape index (κ1) is 14.6. The Morgan fingerprint density at radius 3 is 2.95 bits per heavy atom. The standard InChI is InChI=1S/C14H16ClN3O2/c15-13-12(4-8-20-13)14(19)18-7-2-6-17-10-11-3-1-5-16-9-11/h1,3-5,8-9,17H,2,6-7,10H2,(H,18,19). The van der Waals surface area contributed by atoms with Crippen LogP contribution in [0.15, 0.2) is 41.3 Å². The quantitative estimate of drug-likeness (QED) is 0.768. The van der Waals surface area contributed by atoms with Crippen molar-refractivity contribution in [3.8, 4) is 0 Å². The fourth-order valence-corrected chi connectivity index (χ4v) is 1.90. The fraction of sp³-hybridized carbons (Fsp3) is 0.286. The Bertz CT molecular complexity index is 542. The second kappa shape index (κ2) is 7.67. The van der Waals surface area contributed by atoms with Crippen LogP contribution in [-0.4, -0.2) is 24.0 Å². The van der Waals surface area contributed by atoms with Crippen LogP contribution in [0.1, 0.15) is 22.3 Å². The van der Waals surface area contributed by atoms with Crippen LogP contribution < -0.4 is 10.6 Å². The zero-order valence-corrected chi connectivity index (χ0v) is 11.7. The van der Waals surface area contributed by atoms with Gasteiger partial charge in [-0.3, -0.25) is 9.78 Å². The number of halogens is 1. The molecule has 106 valence electrons. The summed E-state index contributed by atoms with van der Waals surface area (Å²) < 4.78 is 4.87. The molecule has 0 aliphatic heterocycles. The first-order valence-electron chi connectivity index (χ1n) is 6.38. The van der Waals surface area contributed by atoms with E-state index in [9.17, 15) is 4.79 Å². The van der Waals surface area contributed by atoms with Gasteiger partial charge in [0.1, 0.15) is 0 Å². The third kappa shape index (κ3) is 4.36. The van der Waals surface area contributed by atoms with Gasteiger partial charge < -0.3 is 15.1 Å². The van der Waals surface area contributed by atoms with E-state index in [1.165, 1.54) is 6.26 Å². The molecule has 2 aromatic heterocycles. The largest absolute Gasteiger partial charge is 0.452 e. The number of amides is 1. The van der Waals surface area contributed by atoms with Crippen molar-refractivity contribution >= 4 is 17.5 Å². The highest BCUT2D eigenvalue weighted by atomic mass is 35.5. The second-order valence-corrected chi connectivity index (χ2v) is 4.60. The minimum atomic E-state index is -0.212. The molecule has 0 atom stereocenters. The molecular weight excluding hydrogens is 278 g/mol. The van der Waals surface area contributed by atoms with Crippen LogP contribution in [0, 0.1) is 0 Å². The predicted octanol–water partition coefficient (Wildman–Crippen LogP) is 2.24. The smallest absolute Gasteiger partial charge is 0.256 e. The van der Waals surface area contributed by atoms with E-state index < -0.39 is 0 Å². The maximum Gasteiger partial charge on any atom is 0.256 e. The molecule has 0 fully saturated rings. The van der Waals surface area contributed by atoms with Crippen molar-refractivity contribution in [1.29, 1.82) is 0 Å². The van der Waals surface area contributed by atoms with Crippen LogP contribution in [0.2, 0.25) is 5.22 Å². The number of nitrogens with zero attached hydrogens (tertiary/aromatic N) is 1. The average molecular weight is 294 g/mol. The van der Waals surface area contributed by atoms with Crippen LogP contribution in [0.4, 0.5) is 0 Å². The summed E-state index contributed by atoms with van der Waals surface area (Å²) in [5.74, 6) is -0.212. The van der Waals surface area contributed by atoms with Gasteiger partial charge in [-0.05, 0) is 42.3 Å². The highest BCUT2D eigenvalue weighted by Gasteiger charge is 2.11. The molecule has 0 aromatic carbocycles. The molecule has 1 amide bonds. The van der Waals surface area contributed by atoms with Gasteiger partial charge in [0.25, 0.3) is 5.91 Å². The Hall–Kier alpha value is -1.85. The topological polar surface area (TPSA) is 67.2 Å². The van der Waals surface area contributed by atoms with Gasteiger partial charge in [0.15, 0.2) is 0 Å². The third-order valence-electron chi connectivity index (χ3n) is 2.73. The Labute approximate surface area is 122 Å². The van der Waals surface area contributed by atoms with E-state index in [4.69, 9.17) is 16.0 Å². The van der Waals surface area contributed by atoms with Gasteiger partial charge in [0.2, 0.25) is 5.22 Å². The Morgan fingerprint density at radius 2 is 2.25 bits per heavy atom. The van der Waals surface area contributed by atoms with Gasteiger partial charge in [0.05, 0.1) is 11.8 Å². The average Bonchev–Trinajstić information content (AvgIpc) is 2.90. The first-order valence-corrected chi connectivity index (χ1v) is 6.76. The van der Waals surface area contributed by atoms with Crippen molar-refractivity contribution in [3.05, 3.63) is 53.2 Å². The Kier molecular flexibility index (Phi) is 5.58. The molecule has 5 nitrogen and oxygen atoms in total. The van der Waals surface area contributed by atoms with E-state index in [1.807, 2.05) is 18.3 Å². The first-order chi connectivity index (χ1) is 9.77. The van der Waals surface area contributed by atoms with Crippen LogP contribution in [0.5, 0.6) is 0 Å². The zero-order valence-electron chi connectivity index (χ0n) is 10.9. The van der Waals surface area contributed by atoms with E-state index in [2.05, 4.69) is 15.6 Å². The number of furan rings is 1. The minimum Gasteiger partial charge on any atom is -0.452 e. The van der Waals surface area contributed by atoms with Gasteiger partial charge in [-0.2, -0.15) is 0 Å². The van der Waals surface area contributed by atoms with Crippen LogP contribution >= 0.6 is 11.6 Å². The molecule has 0 bridgehead atoms. The summed E-state index contributed by atoms with van der Waals surface area (Å²) in [5, 5.41) is 6.20. The molecule has 0 unspecified atom stereocenters. The van der Waals surface area contributed by atoms with Gasteiger partial charge in [-0.15, -0.1) is 0 Å². The molecule has 0 aliphatic carbocycles. The van der Waals surface area contributed by atoms with Crippen LogP contribution in [0.3, 0.4) is 0 Å². The molecule has 0 saturated heterocycles. The van der Waals surface area contributed by atoms with E-state index >= 15 is 0 Å². The number of hydrogen-bond acceptors (Lipinski definition) is 4. The number of nitrogens with one attached hydrogen (secondary N) is 2. The highest BCUT2D eigenvalue weighted by Crippen LogP contribution is 2.15. The SMILES string of the molecule is O=C(NCCCNCc1cccnc1)c1ccoc1Cl. The summed E-state index contributed by atoms with van der Waals surface area (Å²) in [4.78, 5) is 15.7. The van der Waals surface area contributed by atoms with Gasteiger partial charge >= 0.3 is 0 Å². The summed E-state index contributed by atoms with van der Waals surface area (Å²) in [7, 11) is 0. The summed E-state index contributed by atoms with van der Waals surface area (Å²) in [6.45, 7) is 2.17. The maximum atomic E-state index is 11.7. The highest BCUT2D eigenvalue weighted by molar-refractivity contribution is 6.32. The molecule has 2 aromatic rings. The lowest BCUT2D eigenvalue weighted by Crippen LogP contribution is -2.27. The lowest BCUT2D eigenvalue weighted by atomic mass is 10.3. The van der Waals surface area contributed by atoms with E-state index in [1.54, 1.807) is 12.3 Å². The monoisotopic (exact) mass is 293 g/mol. The van der Waals surface area contributed by atoms with Gasteiger partial charge in [-0.1, -0.05) is 6.07 Å². The molecule has 2 N–H and O–H groups in total. The van der Waals surface area contributed by atoms with Crippen molar-refractivity contribution in [3.63, 3.8) is 0 Å². The van der Waals surface area contributed by atoms with E-state index in [0.717, 1.165) is 25.1 Å². The number of carbonyl (C=O) groups excluding carboxylic acids is 1. The van der Waals surface area contributed by atoms with Crippen molar-refractivity contribution in [2.24, 2.45) is 0 Å². The normalized spacial score (nSPS) is 10.4. The summed E-state index contributed by atoms with van der Waals surface area (Å²) in [6.07, 6.45) is 5.81. The fourth-order valence-electron chi connectivity index (χ4n) is 1.70. The van der Waals surface area contributed by atoms with Crippen molar-refractivity contribution in [1.82, 2.24) is 15.6 Å². The van der Waals surface area contributed by atoms with Gasteiger partial charge in [0, 0.05) is 25.5 Å². The summed E-state index contributed by atoms with van der Waals surface area (Å²) in [6, 6.07) is 5.48. The number of carbonyl (C=O) groups is 1.